The number of rotatable bonds is 4. The molecule has 1 aliphatic heterocycles. The number of halogens is 1. The van der Waals surface area contributed by atoms with E-state index in [0.29, 0.717) is 35.3 Å². The third-order valence-electron chi connectivity index (χ3n) is 5.12. The fourth-order valence-corrected chi connectivity index (χ4v) is 5.70. The van der Waals surface area contributed by atoms with Crippen LogP contribution in [-0.2, 0) is 10.0 Å². The van der Waals surface area contributed by atoms with Gasteiger partial charge in [0.05, 0.1) is 4.90 Å². The van der Waals surface area contributed by atoms with Gasteiger partial charge in [0.15, 0.2) is 0 Å². The summed E-state index contributed by atoms with van der Waals surface area (Å²) in [6, 6.07) is 12.2. The zero-order valence-electron chi connectivity index (χ0n) is 15.6. The summed E-state index contributed by atoms with van der Waals surface area (Å²) >= 11 is 6.14. The predicted octanol–water partition coefficient (Wildman–Crippen LogP) is 4.53. The molecule has 0 unspecified atom stereocenters. The Hall–Kier alpha value is -2.22. The van der Waals surface area contributed by atoms with Gasteiger partial charge in [-0.2, -0.15) is 9.29 Å². The predicted molar refractivity (Wildman–Crippen MR) is 107 cm³/mol. The molecular formula is C20H20ClN3O3S. The molecule has 1 aliphatic rings. The summed E-state index contributed by atoms with van der Waals surface area (Å²) < 4.78 is 33.5. The molecule has 146 valence electrons. The maximum Gasteiger partial charge on any atom is 0.245 e. The largest absolute Gasteiger partial charge is 0.337 e. The summed E-state index contributed by atoms with van der Waals surface area (Å²) in [5.74, 6) is 0.787. The molecule has 0 amide bonds. The SMILES string of the molecule is Cc1ccccc1-c1noc([C@@H]2CCCN2S(=O)(=O)c2cccc(Cl)c2C)n1. The van der Waals surface area contributed by atoms with Crippen molar-refractivity contribution in [2.24, 2.45) is 0 Å². The Bertz CT molecular complexity index is 1130. The molecule has 3 aromatic rings. The van der Waals surface area contributed by atoms with Gasteiger partial charge >= 0.3 is 0 Å². The number of hydrogen-bond acceptors (Lipinski definition) is 5. The first kappa shape index (κ1) is 19.1. The highest BCUT2D eigenvalue weighted by Gasteiger charge is 2.40. The van der Waals surface area contributed by atoms with E-state index in [2.05, 4.69) is 10.1 Å². The Labute approximate surface area is 169 Å². The summed E-state index contributed by atoms with van der Waals surface area (Å²) in [7, 11) is -3.73. The van der Waals surface area contributed by atoms with Crippen LogP contribution in [-0.4, -0.2) is 29.4 Å². The molecule has 1 atom stereocenters. The standard InChI is InChI=1S/C20H20ClN3O3S/c1-13-7-3-4-8-15(13)19-22-20(27-23-19)17-10-6-12-24(17)28(25,26)18-11-5-9-16(21)14(18)2/h3-5,7-9,11,17H,6,10,12H2,1-2H3/t17-/m0/s1. The Morgan fingerprint density at radius 1 is 1.14 bits per heavy atom. The van der Waals surface area contributed by atoms with Gasteiger partial charge < -0.3 is 4.52 Å². The molecule has 0 spiro atoms. The van der Waals surface area contributed by atoms with Crippen LogP contribution < -0.4 is 0 Å². The summed E-state index contributed by atoms with van der Waals surface area (Å²) in [6.07, 6.45) is 1.36. The second-order valence-electron chi connectivity index (χ2n) is 6.91. The van der Waals surface area contributed by atoms with Gasteiger partial charge in [-0.1, -0.05) is 47.1 Å². The Balaban J connectivity index is 1.70. The molecule has 0 saturated carbocycles. The Morgan fingerprint density at radius 3 is 2.71 bits per heavy atom. The molecule has 28 heavy (non-hydrogen) atoms. The van der Waals surface area contributed by atoms with E-state index in [1.807, 2.05) is 31.2 Å². The van der Waals surface area contributed by atoms with Crippen molar-refractivity contribution in [3.63, 3.8) is 0 Å². The molecule has 1 saturated heterocycles. The normalized spacial score (nSPS) is 17.9. The van der Waals surface area contributed by atoms with Gasteiger partial charge in [0.2, 0.25) is 21.7 Å². The summed E-state index contributed by atoms with van der Waals surface area (Å²) in [4.78, 5) is 4.72. The van der Waals surface area contributed by atoms with Gasteiger partial charge in [0.25, 0.3) is 0 Å². The van der Waals surface area contributed by atoms with E-state index in [4.69, 9.17) is 16.1 Å². The third kappa shape index (κ3) is 3.23. The van der Waals surface area contributed by atoms with Crippen LogP contribution >= 0.6 is 11.6 Å². The van der Waals surface area contributed by atoms with Gasteiger partial charge in [-0.25, -0.2) is 8.42 Å². The molecular weight excluding hydrogens is 398 g/mol. The van der Waals surface area contributed by atoms with Crippen LogP contribution in [0.4, 0.5) is 0 Å². The van der Waals surface area contributed by atoms with Crippen molar-refractivity contribution in [1.29, 1.82) is 0 Å². The van der Waals surface area contributed by atoms with E-state index in [1.165, 1.54) is 4.31 Å². The first-order chi connectivity index (χ1) is 13.4. The van der Waals surface area contributed by atoms with Crippen molar-refractivity contribution in [2.45, 2.75) is 37.6 Å². The number of sulfonamides is 1. The summed E-state index contributed by atoms with van der Waals surface area (Å²) in [6.45, 7) is 4.09. The highest BCUT2D eigenvalue weighted by atomic mass is 35.5. The minimum Gasteiger partial charge on any atom is -0.337 e. The van der Waals surface area contributed by atoms with Crippen LogP contribution in [0, 0.1) is 13.8 Å². The Morgan fingerprint density at radius 2 is 1.93 bits per heavy atom. The number of aromatic nitrogens is 2. The second kappa shape index (κ2) is 7.31. The van der Waals surface area contributed by atoms with Gasteiger partial charge in [-0.15, -0.1) is 0 Å². The number of nitrogens with zero attached hydrogens (tertiary/aromatic N) is 3. The van der Waals surface area contributed by atoms with E-state index in [0.717, 1.165) is 17.5 Å². The maximum atomic E-state index is 13.3. The second-order valence-corrected chi connectivity index (χ2v) is 9.17. The zero-order chi connectivity index (χ0) is 19.9. The van der Waals surface area contributed by atoms with Crippen LogP contribution in [0.1, 0.15) is 35.9 Å². The first-order valence-electron chi connectivity index (χ1n) is 9.06. The Kier molecular flexibility index (Phi) is 4.99. The van der Waals surface area contributed by atoms with E-state index < -0.39 is 16.1 Å². The van der Waals surface area contributed by atoms with E-state index in [1.54, 1.807) is 25.1 Å². The molecule has 0 radical (unpaired) electrons. The van der Waals surface area contributed by atoms with Gasteiger partial charge in [-0.05, 0) is 49.9 Å². The molecule has 2 aromatic carbocycles. The quantitative estimate of drug-likeness (QED) is 0.623. The molecule has 4 rings (SSSR count). The number of benzene rings is 2. The van der Waals surface area contributed by atoms with E-state index in [9.17, 15) is 8.42 Å². The molecule has 1 fully saturated rings. The fraction of sp³-hybridized carbons (Fsp3) is 0.300. The minimum atomic E-state index is -3.73. The van der Waals surface area contributed by atoms with Gasteiger partial charge in [0.1, 0.15) is 6.04 Å². The van der Waals surface area contributed by atoms with Crippen LogP contribution in [0.15, 0.2) is 51.9 Å². The highest BCUT2D eigenvalue weighted by Crippen LogP contribution is 2.38. The van der Waals surface area contributed by atoms with Crippen LogP contribution in [0.3, 0.4) is 0 Å². The average Bonchev–Trinajstić information content (AvgIpc) is 3.33. The van der Waals surface area contributed by atoms with Crippen molar-refractivity contribution < 1.29 is 12.9 Å². The molecule has 8 heteroatoms. The third-order valence-corrected chi connectivity index (χ3v) is 7.58. The molecule has 0 N–H and O–H groups in total. The topological polar surface area (TPSA) is 76.3 Å². The van der Waals surface area contributed by atoms with Crippen molar-refractivity contribution in [1.82, 2.24) is 14.4 Å². The average molecular weight is 418 g/mol. The summed E-state index contributed by atoms with van der Waals surface area (Å²) in [5, 5.41) is 4.51. The van der Waals surface area contributed by atoms with Crippen LogP contribution in [0.5, 0.6) is 0 Å². The molecule has 2 heterocycles. The molecule has 0 aliphatic carbocycles. The lowest BCUT2D eigenvalue weighted by Gasteiger charge is -2.22. The van der Waals surface area contributed by atoms with Crippen LogP contribution in [0.25, 0.3) is 11.4 Å². The molecule has 6 nitrogen and oxygen atoms in total. The van der Waals surface area contributed by atoms with Crippen molar-refractivity contribution in [3.05, 3.63) is 64.5 Å². The molecule has 0 bridgehead atoms. The number of hydrogen-bond donors (Lipinski definition) is 0. The van der Waals surface area contributed by atoms with Crippen molar-refractivity contribution >= 4 is 21.6 Å². The van der Waals surface area contributed by atoms with E-state index in [-0.39, 0.29) is 4.90 Å². The van der Waals surface area contributed by atoms with Crippen LogP contribution in [0.2, 0.25) is 5.02 Å². The monoisotopic (exact) mass is 417 g/mol. The smallest absolute Gasteiger partial charge is 0.245 e. The lowest BCUT2D eigenvalue weighted by atomic mass is 10.1. The van der Waals surface area contributed by atoms with Crippen molar-refractivity contribution in [2.75, 3.05) is 6.54 Å². The lowest BCUT2D eigenvalue weighted by molar-refractivity contribution is 0.290. The molecule has 1 aromatic heterocycles. The number of aryl methyl sites for hydroxylation is 1. The first-order valence-corrected chi connectivity index (χ1v) is 10.9. The lowest BCUT2D eigenvalue weighted by Crippen LogP contribution is -2.31. The highest BCUT2D eigenvalue weighted by molar-refractivity contribution is 7.89. The van der Waals surface area contributed by atoms with Gasteiger partial charge in [-0.3, -0.25) is 0 Å². The van der Waals surface area contributed by atoms with E-state index >= 15 is 0 Å². The fourth-order valence-electron chi connectivity index (χ4n) is 3.57. The van der Waals surface area contributed by atoms with Gasteiger partial charge in [0, 0.05) is 17.1 Å². The maximum absolute atomic E-state index is 13.3. The summed E-state index contributed by atoms with van der Waals surface area (Å²) in [5.41, 5.74) is 2.44. The van der Waals surface area contributed by atoms with Crippen molar-refractivity contribution in [3.8, 4) is 11.4 Å². The minimum absolute atomic E-state index is 0.213. The zero-order valence-corrected chi connectivity index (χ0v) is 17.2.